The van der Waals surface area contributed by atoms with Gasteiger partial charge in [-0.05, 0) is 51.9 Å². The Bertz CT molecular complexity index is 429. The minimum absolute atomic E-state index is 0.00249. The van der Waals surface area contributed by atoms with Gasteiger partial charge in [0.1, 0.15) is 5.54 Å². The first kappa shape index (κ1) is 14.8. The van der Waals surface area contributed by atoms with Crippen molar-refractivity contribution in [2.75, 3.05) is 13.2 Å². The summed E-state index contributed by atoms with van der Waals surface area (Å²) in [4.78, 5) is 27.0. The topological polar surface area (TPSA) is 58.6 Å². The monoisotopic (exact) mass is 294 g/mol. The summed E-state index contributed by atoms with van der Waals surface area (Å²) in [6, 6.07) is -0.0522. The zero-order valence-electron chi connectivity index (χ0n) is 13.1. The highest BCUT2D eigenvalue weighted by Gasteiger charge is 2.52. The highest BCUT2D eigenvalue weighted by molar-refractivity contribution is 5.94. The molecule has 0 aromatic carbocycles. The van der Waals surface area contributed by atoms with Gasteiger partial charge in [-0.1, -0.05) is 0 Å². The number of ether oxygens (including phenoxy) is 1. The molecule has 0 aromatic heterocycles. The summed E-state index contributed by atoms with van der Waals surface area (Å²) in [6.45, 7) is 5.28. The summed E-state index contributed by atoms with van der Waals surface area (Å²) in [5.41, 5.74) is -0.712. The van der Waals surface area contributed by atoms with E-state index in [1.54, 1.807) is 0 Å². The second kappa shape index (κ2) is 5.59. The number of carbonyl (C=O) groups is 2. The molecule has 2 aliphatic heterocycles. The minimum Gasteiger partial charge on any atom is -0.376 e. The molecule has 5 nitrogen and oxygen atoms in total. The van der Waals surface area contributed by atoms with E-state index in [9.17, 15) is 9.59 Å². The molecule has 3 fully saturated rings. The van der Waals surface area contributed by atoms with Crippen LogP contribution in [0.5, 0.6) is 0 Å². The van der Waals surface area contributed by atoms with Crippen molar-refractivity contribution in [2.24, 2.45) is 5.92 Å². The van der Waals surface area contributed by atoms with Crippen molar-refractivity contribution < 1.29 is 14.3 Å². The van der Waals surface area contributed by atoms with E-state index >= 15 is 0 Å². The molecule has 5 heteroatoms. The molecule has 0 radical (unpaired) electrons. The van der Waals surface area contributed by atoms with E-state index in [-0.39, 0.29) is 24.0 Å². The van der Waals surface area contributed by atoms with Gasteiger partial charge in [-0.15, -0.1) is 0 Å². The molecule has 2 amide bonds. The van der Waals surface area contributed by atoms with Crippen molar-refractivity contribution in [3.63, 3.8) is 0 Å². The number of hydrogen-bond acceptors (Lipinski definition) is 3. The van der Waals surface area contributed by atoms with Crippen LogP contribution in [0.2, 0.25) is 0 Å². The van der Waals surface area contributed by atoms with Crippen LogP contribution in [-0.4, -0.2) is 47.6 Å². The number of rotatable bonds is 3. The average Bonchev–Trinajstić information content (AvgIpc) is 3.29. The van der Waals surface area contributed by atoms with Crippen LogP contribution in [0.3, 0.4) is 0 Å². The summed E-state index contributed by atoms with van der Waals surface area (Å²) in [7, 11) is 0. The van der Waals surface area contributed by atoms with E-state index in [2.05, 4.69) is 5.32 Å². The average molecular weight is 294 g/mol. The number of nitrogens with zero attached hydrogens (tertiary/aromatic N) is 1. The van der Waals surface area contributed by atoms with Crippen LogP contribution in [0, 0.1) is 5.92 Å². The first-order chi connectivity index (χ1) is 10.0. The molecular weight excluding hydrogens is 268 g/mol. The van der Waals surface area contributed by atoms with Crippen LogP contribution in [0.1, 0.15) is 52.4 Å². The zero-order valence-corrected chi connectivity index (χ0v) is 13.1. The molecule has 1 N–H and O–H groups in total. The Balaban J connectivity index is 1.78. The Labute approximate surface area is 126 Å². The van der Waals surface area contributed by atoms with Gasteiger partial charge in [0.15, 0.2) is 0 Å². The Morgan fingerprint density at radius 1 is 1.29 bits per heavy atom. The summed E-state index contributed by atoms with van der Waals surface area (Å²) >= 11 is 0. The Morgan fingerprint density at radius 3 is 2.67 bits per heavy atom. The van der Waals surface area contributed by atoms with Gasteiger partial charge >= 0.3 is 0 Å². The Hall–Kier alpha value is -1.10. The van der Waals surface area contributed by atoms with Gasteiger partial charge in [0.05, 0.1) is 6.10 Å². The third-order valence-corrected chi connectivity index (χ3v) is 5.19. The molecule has 3 unspecified atom stereocenters. The number of nitrogens with one attached hydrogen (secondary N) is 1. The molecule has 0 aromatic rings. The van der Waals surface area contributed by atoms with Crippen molar-refractivity contribution in [3.8, 4) is 0 Å². The lowest BCUT2D eigenvalue weighted by Gasteiger charge is -2.37. The van der Waals surface area contributed by atoms with Crippen molar-refractivity contribution in [2.45, 2.75) is 70.1 Å². The lowest BCUT2D eigenvalue weighted by molar-refractivity contribution is -0.143. The highest BCUT2D eigenvalue weighted by atomic mass is 16.5. The smallest absolute Gasteiger partial charge is 0.248 e. The van der Waals surface area contributed by atoms with E-state index in [0.717, 1.165) is 38.7 Å². The first-order valence-electron chi connectivity index (χ1n) is 8.24. The second-order valence-corrected chi connectivity index (χ2v) is 7.02. The lowest BCUT2D eigenvalue weighted by Crippen LogP contribution is -2.58. The maximum Gasteiger partial charge on any atom is 0.248 e. The maximum atomic E-state index is 13.0. The van der Waals surface area contributed by atoms with Crippen LogP contribution in [0.15, 0.2) is 0 Å². The molecule has 3 aliphatic rings. The van der Waals surface area contributed by atoms with Gasteiger partial charge in [-0.25, -0.2) is 0 Å². The molecule has 2 saturated heterocycles. The highest BCUT2D eigenvalue weighted by Crippen LogP contribution is 2.42. The fourth-order valence-corrected chi connectivity index (χ4v) is 3.64. The van der Waals surface area contributed by atoms with Crippen LogP contribution in [0.25, 0.3) is 0 Å². The van der Waals surface area contributed by atoms with Crippen molar-refractivity contribution in [1.29, 1.82) is 0 Å². The summed E-state index contributed by atoms with van der Waals surface area (Å²) in [5, 5.41) is 2.99. The fraction of sp³-hybridized carbons (Fsp3) is 0.875. The molecule has 21 heavy (non-hydrogen) atoms. The van der Waals surface area contributed by atoms with E-state index < -0.39 is 5.54 Å². The third-order valence-electron chi connectivity index (χ3n) is 5.19. The number of hydrogen-bond donors (Lipinski definition) is 1. The van der Waals surface area contributed by atoms with Crippen molar-refractivity contribution >= 4 is 11.8 Å². The molecule has 3 rings (SSSR count). The van der Waals surface area contributed by atoms with Crippen LogP contribution >= 0.6 is 0 Å². The summed E-state index contributed by atoms with van der Waals surface area (Å²) in [5.74, 6) is 0.379. The summed E-state index contributed by atoms with van der Waals surface area (Å²) in [6.07, 6.45) is 5.87. The van der Waals surface area contributed by atoms with E-state index in [1.807, 2.05) is 18.7 Å². The SMILES string of the molecule is CC1CC(=O)NC(C)(C2CC2)C(=O)N1CC1CCCCO1. The summed E-state index contributed by atoms with van der Waals surface area (Å²) < 4.78 is 5.79. The standard InChI is InChI=1S/C16H26N2O3/c1-11-9-14(19)17-16(2,12-6-7-12)15(20)18(11)10-13-5-3-4-8-21-13/h11-13H,3-10H2,1-2H3,(H,17,19). The van der Waals surface area contributed by atoms with Gasteiger partial charge in [0.2, 0.25) is 11.8 Å². The largest absolute Gasteiger partial charge is 0.376 e. The molecule has 1 saturated carbocycles. The second-order valence-electron chi connectivity index (χ2n) is 7.02. The van der Waals surface area contributed by atoms with Gasteiger partial charge in [-0.3, -0.25) is 9.59 Å². The first-order valence-corrected chi connectivity index (χ1v) is 8.24. The predicted octanol–water partition coefficient (Wildman–Crippen LogP) is 1.46. The molecular formula is C16H26N2O3. The normalized spacial score (nSPS) is 38.1. The minimum atomic E-state index is -0.712. The molecule has 3 atom stereocenters. The van der Waals surface area contributed by atoms with E-state index in [0.29, 0.717) is 18.9 Å². The fourth-order valence-electron chi connectivity index (χ4n) is 3.64. The van der Waals surface area contributed by atoms with Gasteiger partial charge in [-0.2, -0.15) is 0 Å². The van der Waals surface area contributed by atoms with Crippen LogP contribution in [0.4, 0.5) is 0 Å². The Morgan fingerprint density at radius 2 is 2.05 bits per heavy atom. The number of amides is 2. The molecule has 0 bridgehead atoms. The van der Waals surface area contributed by atoms with Crippen LogP contribution < -0.4 is 5.32 Å². The molecule has 0 spiro atoms. The molecule has 1 aliphatic carbocycles. The van der Waals surface area contributed by atoms with Crippen LogP contribution in [-0.2, 0) is 14.3 Å². The molecule has 118 valence electrons. The van der Waals surface area contributed by atoms with Crippen molar-refractivity contribution in [1.82, 2.24) is 10.2 Å². The number of carbonyl (C=O) groups excluding carboxylic acids is 2. The van der Waals surface area contributed by atoms with E-state index in [1.165, 1.54) is 0 Å². The maximum absolute atomic E-state index is 13.0. The third kappa shape index (κ3) is 2.93. The lowest BCUT2D eigenvalue weighted by atomic mass is 9.93. The Kier molecular flexibility index (Phi) is 3.95. The van der Waals surface area contributed by atoms with Gasteiger partial charge < -0.3 is 15.0 Å². The predicted molar refractivity (Wildman–Crippen MR) is 78.7 cm³/mol. The zero-order chi connectivity index (χ0) is 15.0. The quantitative estimate of drug-likeness (QED) is 0.857. The van der Waals surface area contributed by atoms with E-state index in [4.69, 9.17) is 4.74 Å². The van der Waals surface area contributed by atoms with Crippen molar-refractivity contribution in [3.05, 3.63) is 0 Å². The van der Waals surface area contributed by atoms with Gasteiger partial charge in [0.25, 0.3) is 0 Å². The molecule has 2 heterocycles. The van der Waals surface area contributed by atoms with Gasteiger partial charge in [0, 0.05) is 25.6 Å².